The summed E-state index contributed by atoms with van der Waals surface area (Å²) in [5.74, 6) is -2.92. The maximum absolute atomic E-state index is 14.7. The van der Waals surface area contributed by atoms with Gasteiger partial charge in [0, 0.05) is 10.6 Å². The lowest BCUT2D eigenvalue weighted by molar-refractivity contribution is -0.144. The number of benzene rings is 3. The third-order valence-electron chi connectivity index (χ3n) is 9.60. The van der Waals surface area contributed by atoms with E-state index in [0.29, 0.717) is 63.5 Å². The molecule has 285 valence electrons. The van der Waals surface area contributed by atoms with Crippen molar-refractivity contribution in [2.75, 3.05) is 17.8 Å². The molecular formula is C40H50N3O8S2. The Morgan fingerprint density at radius 1 is 0.943 bits per heavy atom. The molecule has 13 heteroatoms. The molecule has 0 spiro atoms. The van der Waals surface area contributed by atoms with Crippen LogP contribution >= 0.6 is 23.5 Å². The normalized spacial score (nSPS) is 15.5. The van der Waals surface area contributed by atoms with E-state index in [-0.39, 0.29) is 22.7 Å². The van der Waals surface area contributed by atoms with Gasteiger partial charge in [-0.25, -0.2) is 4.79 Å². The van der Waals surface area contributed by atoms with Crippen molar-refractivity contribution < 1.29 is 38.9 Å². The molecule has 1 heterocycles. The molecule has 3 aromatic carbocycles. The van der Waals surface area contributed by atoms with E-state index in [1.165, 1.54) is 36.0 Å². The average Bonchev–Trinajstić information content (AvgIpc) is 3.24. The van der Waals surface area contributed by atoms with Crippen LogP contribution in [-0.4, -0.2) is 57.9 Å². The lowest BCUT2D eigenvalue weighted by Crippen LogP contribution is -2.50. The van der Waals surface area contributed by atoms with Crippen molar-refractivity contribution >= 4 is 63.7 Å². The van der Waals surface area contributed by atoms with Crippen LogP contribution in [0, 0.1) is 11.3 Å². The van der Waals surface area contributed by atoms with Crippen LogP contribution in [0.25, 0.3) is 0 Å². The van der Waals surface area contributed by atoms with E-state index in [2.05, 4.69) is 10.6 Å². The number of aromatic hydroxyl groups is 1. The zero-order valence-corrected chi connectivity index (χ0v) is 32.6. The number of thiol groups is 1. The van der Waals surface area contributed by atoms with E-state index in [1.54, 1.807) is 17.9 Å². The number of nitrogens with one attached hydrogen (secondary N) is 2. The minimum absolute atomic E-state index is 0.0448. The molecule has 1 radical (unpaired) electrons. The fourth-order valence-electron chi connectivity index (χ4n) is 6.29. The number of ether oxygens (including phenoxy) is 1. The molecule has 0 saturated heterocycles. The fourth-order valence-corrected chi connectivity index (χ4v) is 8.05. The molecule has 1 aliphatic heterocycles. The van der Waals surface area contributed by atoms with E-state index in [9.17, 15) is 34.2 Å². The number of thioether (sulfide) groups is 1. The molecule has 0 aromatic heterocycles. The summed E-state index contributed by atoms with van der Waals surface area (Å²) < 4.78 is 6.07. The van der Waals surface area contributed by atoms with Crippen LogP contribution in [0.2, 0.25) is 0 Å². The van der Waals surface area contributed by atoms with Gasteiger partial charge in [-0.2, -0.15) is 0 Å². The van der Waals surface area contributed by atoms with Crippen LogP contribution in [0.5, 0.6) is 11.5 Å². The highest BCUT2D eigenvalue weighted by molar-refractivity contribution is 8.14. The number of fused-ring (bicyclic) bond motifs is 1. The third kappa shape index (κ3) is 9.74. The minimum atomic E-state index is -1.29. The van der Waals surface area contributed by atoms with Crippen molar-refractivity contribution in [1.82, 2.24) is 10.6 Å². The van der Waals surface area contributed by atoms with E-state index in [0.717, 1.165) is 25.7 Å². The number of carbonyl (C=O) groups is 5. The van der Waals surface area contributed by atoms with Gasteiger partial charge in [-0.1, -0.05) is 90.1 Å². The molecule has 11 nitrogen and oxygen atoms in total. The van der Waals surface area contributed by atoms with Crippen LogP contribution in [0.15, 0.2) is 76.5 Å². The standard InChI is InChI=1S/C40H50N3O8S2/c1-6-9-20-40(21-10-7-2)38(49)43(27-14-12-11-13-15-27)29-22-32(52-5)30(23-31(29)53-39(40)50)51-24-33(45)41-35(26-16-18-28(44)19-17-26)36(46)42-34(37(47)48)25(4)8-3/h11-19,22-23,25,34-35,44,53H,6-10,20-21,24H2,1-5H3,(H,41,45)(H,42,46)(H,47,48)/t25?,34-,35+/m0/s1. The summed E-state index contributed by atoms with van der Waals surface area (Å²) in [5, 5.41) is 24.6. The lowest BCUT2D eigenvalue weighted by atomic mass is 9.77. The van der Waals surface area contributed by atoms with Gasteiger partial charge in [0.2, 0.25) is 11.8 Å². The quantitative estimate of drug-likeness (QED) is 0.0506. The van der Waals surface area contributed by atoms with Gasteiger partial charge in [0.05, 0.1) is 10.6 Å². The number of anilines is 2. The van der Waals surface area contributed by atoms with Gasteiger partial charge in [0.15, 0.2) is 11.7 Å². The molecule has 53 heavy (non-hydrogen) atoms. The number of aliphatic carboxylic acids is 1. The number of phenols is 1. The van der Waals surface area contributed by atoms with Gasteiger partial charge in [-0.3, -0.25) is 24.1 Å². The molecular weight excluding hydrogens is 715 g/mol. The highest BCUT2D eigenvalue weighted by Crippen LogP contribution is 2.51. The maximum Gasteiger partial charge on any atom is 0.326 e. The Hall–Kier alpha value is -4.49. The summed E-state index contributed by atoms with van der Waals surface area (Å²) in [6.07, 6.45) is 6.38. The Morgan fingerprint density at radius 2 is 1.58 bits per heavy atom. The SMILES string of the molecule is CCCCC1(CCCC)C(=O)[SH]c2cc(OCC(=O)N[C@@H](C(=O)N[C@H](C(=O)O)C(C)CC)c3ccc(O)cc3)c(SC)cc2N(c2ccccc2)C1=O. The van der Waals surface area contributed by atoms with E-state index in [4.69, 9.17) is 4.74 Å². The largest absolute Gasteiger partial charge is 0.508 e. The number of hydrogen-bond acceptors (Lipinski definition) is 8. The topological polar surface area (TPSA) is 162 Å². The maximum atomic E-state index is 14.7. The number of rotatable bonds is 18. The lowest BCUT2D eigenvalue weighted by Gasteiger charge is -2.34. The molecule has 0 fully saturated rings. The van der Waals surface area contributed by atoms with Crippen molar-refractivity contribution in [3.63, 3.8) is 0 Å². The van der Waals surface area contributed by atoms with Crippen LogP contribution in [0.4, 0.5) is 11.4 Å². The van der Waals surface area contributed by atoms with Crippen LogP contribution in [0.1, 0.15) is 84.2 Å². The van der Waals surface area contributed by atoms with Crippen molar-refractivity contribution in [2.45, 2.75) is 94.5 Å². The molecule has 1 unspecified atom stereocenters. The van der Waals surface area contributed by atoms with Gasteiger partial charge in [-0.15, -0.1) is 23.5 Å². The Bertz CT molecular complexity index is 1760. The van der Waals surface area contributed by atoms with Gasteiger partial charge in [0.1, 0.15) is 29.0 Å². The number of amides is 3. The van der Waals surface area contributed by atoms with Crippen molar-refractivity contribution in [3.05, 3.63) is 72.3 Å². The second kappa shape index (κ2) is 19.0. The molecule has 1 aliphatic rings. The molecule has 4 N–H and O–H groups in total. The third-order valence-corrected chi connectivity index (χ3v) is 11.6. The molecule has 0 saturated carbocycles. The monoisotopic (exact) mass is 764 g/mol. The number of unbranched alkanes of at least 4 members (excludes halogenated alkanes) is 2. The average molecular weight is 765 g/mol. The van der Waals surface area contributed by atoms with Crippen LogP contribution in [0.3, 0.4) is 0 Å². The first-order valence-electron chi connectivity index (χ1n) is 18.0. The van der Waals surface area contributed by atoms with Crippen molar-refractivity contribution in [2.24, 2.45) is 11.3 Å². The first kappa shape index (κ1) is 41.3. The van der Waals surface area contributed by atoms with Gasteiger partial charge in [-0.05, 0) is 67.0 Å². The van der Waals surface area contributed by atoms with Crippen molar-refractivity contribution in [1.29, 1.82) is 0 Å². The second-order valence-corrected chi connectivity index (χ2v) is 15.2. The predicted molar refractivity (Wildman–Crippen MR) is 209 cm³/mol. The number of nitrogens with zero attached hydrogens (tertiary/aromatic N) is 1. The number of carboxylic acids is 1. The van der Waals surface area contributed by atoms with Crippen molar-refractivity contribution in [3.8, 4) is 11.5 Å². The van der Waals surface area contributed by atoms with Crippen LogP contribution in [-0.2, 0) is 24.0 Å². The number of phenolic OH excluding ortho intramolecular Hbond substituents is 1. The van der Waals surface area contributed by atoms with Gasteiger partial charge >= 0.3 is 5.97 Å². The van der Waals surface area contributed by atoms with Gasteiger partial charge < -0.3 is 25.6 Å². The molecule has 0 bridgehead atoms. The number of carboxylic acid groups (broad SMARTS) is 1. The molecule has 3 atom stereocenters. The first-order valence-corrected chi connectivity index (χ1v) is 20.1. The fraction of sp³-hybridized carbons (Fsp3) is 0.425. The summed E-state index contributed by atoms with van der Waals surface area (Å²) >= 11 is 1.71. The number of hydrogen-bond donors (Lipinski definition) is 5. The smallest absolute Gasteiger partial charge is 0.326 e. The minimum Gasteiger partial charge on any atom is -0.508 e. The van der Waals surface area contributed by atoms with E-state index >= 15 is 0 Å². The molecule has 3 aromatic rings. The highest BCUT2D eigenvalue weighted by Gasteiger charge is 2.50. The van der Waals surface area contributed by atoms with Gasteiger partial charge in [0.25, 0.3) is 5.91 Å². The summed E-state index contributed by atoms with van der Waals surface area (Å²) in [4.78, 5) is 70.8. The number of para-hydroxylation sites is 1. The Kier molecular flexibility index (Phi) is 14.8. The zero-order valence-electron chi connectivity index (χ0n) is 30.9. The Balaban J connectivity index is 1.67. The predicted octanol–water partition coefficient (Wildman–Crippen LogP) is 7.36. The summed E-state index contributed by atoms with van der Waals surface area (Å²) in [6.45, 7) is 7.11. The zero-order chi connectivity index (χ0) is 38.7. The van der Waals surface area contributed by atoms with E-state index in [1.807, 2.05) is 63.4 Å². The summed E-state index contributed by atoms with van der Waals surface area (Å²) in [6, 6.07) is 16.0. The Labute approximate surface area is 319 Å². The Morgan fingerprint density at radius 3 is 2.15 bits per heavy atom. The highest BCUT2D eigenvalue weighted by atomic mass is 32.2. The van der Waals surface area contributed by atoms with E-state index < -0.39 is 41.9 Å². The van der Waals surface area contributed by atoms with Crippen LogP contribution < -0.4 is 20.3 Å². The molecule has 3 amide bonds. The summed E-state index contributed by atoms with van der Waals surface area (Å²) in [7, 11) is 0. The summed E-state index contributed by atoms with van der Waals surface area (Å²) in [5.41, 5.74) is 0.361. The molecule has 4 rings (SSSR count). The first-order chi connectivity index (χ1) is 25.4. The number of carbonyl (C=O) groups excluding carboxylic acids is 4. The second-order valence-electron chi connectivity index (χ2n) is 13.3. The molecule has 0 aliphatic carbocycles.